The number of anilines is 1. The van der Waals surface area contributed by atoms with Crippen LogP contribution in [0.5, 0.6) is 11.5 Å². The van der Waals surface area contributed by atoms with E-state index in [9.17, 15) is 4.79 Å². The molecule has 1 fully saturated rings. The lowest BCUT2D eigenvalue weighted by atomic mass is 10.0. The summed E-state index contributed by atoms with van der Waals surface area (Å²) in [5.41, 5.74) is 2.11. The van der Waals surface area contributed by atoms with Crippen molar-refractivity contribution in [3.63, 3.8) is 0 Å². The molecule has 0 saturated carbocycles. The lowest BCUT2D eigenvalue weighted by molar-refractivity contribution is -0.120. The molecule has 1 saturated heterocycles. The van der Waals surface area contributed by atoms with Crippen molar-refractivity contribution in [2.75, 3.05) is 32.2 Å². The molecule has 3 rings (SSSR count). The van der Waals surface area contributed by atoms with Crippen molar-refractivity contribution in [1.82, 2.24) is 4.90 Å². The van der Waals surface area contributed by atoms with Crippen molar-refractivity contribution in [3.05, 3.63) is 54.1 Å². The van der Waals surface area contributed by atoms with E-state index in [1.807, 2.05) is 47.4 Å². The van der Waals surface area contributed by atoms with E-state index < -0.39 is 0 Å². The van der Waals surface area contributed by atoms with Gasteiger partial charge in [0.25, 0.3) is 0 Å². The minimum absolute atomic E-state index is 0.108. The number of hydrogen-bond donors (Lipinski definition) is 0. The standard InChI is InChI=1S/C23H30N2O3/c1-17(2)25(19-9-6-5-7-10-19)23(26)16-24-14-8-11-20(24)18-12-13-21(27-3)22(15-18)28-4/h5-7,9-10,12-13,15,17,20H,8,11,14,16H2,1-4H3/t20-/m1/s1. The molecule has 150 valence electrons. The first kappa shape index (κ1) is 20.2. The highest BCUT2D eigenvalue weighted by Gasteiger charge is 2.30. The Labute approximate surface area is 167 Å². The van der Waals surface area contributed by atoms with Crippen LogP contribution in [0.15, 0.2) is 48.5 Å². The monoisotopic (exact) mass is 382 g/mol. The lowest BCUT2D eigenvalue weighted by Crippen LogP contribution is -2.43. The number of carbonyl (C=O) groups excluding carboxylic acids is 1. The van der Waals surface area contributed by atoms with Gasteiger partial charge in [0.05, 0.1) is 20.8 Å². The highest BCUT2D eigenvalue weighted by Crippen LogP contribution is 2.37. The van der Waals surface area contributed by atoms with Crippen molar-refractivity contribution < 1.29 is 14.3 Å². The molecule has 0 radical (unpaired) electrons. The molecule has 5 heteroatoms. The normalized spacial score (nSPS) is 17.0. The molecule has 5 nitrogen and oxygen atoms in total. The van der Waals surface area contributed by atoms with Gasteiger partial charge in [-0.1, -0.05) is 24.3 Å². The highest BCUT2D eigenvalue weighted by molar-refractivity contribution is 5.95. The van der Waals surface area contributed by atoms with Gasteiger partial charge in [0.15, 0.2) is 11.5 Å². The summed E-state index contributed by atoms with van der Waals surface area (Å²) in [5, 5.41) is 0. The van der Waals surface area contributed by atoms with E-state index in [4.69, 9.17) is 9.47 Å². The van der Waals surface area contributed by atoms with Gasteiger partial charge in [-0.3, -0.25) is 9.69 Å². The van der Waals surface area contributed by atoms with Crippen LogP contribution in [0.3, 0.4) is 0 Å². The number of ether oxygens (including phenoxy) is 2. The predicted octanol–water partition coefficient (Wildman–Crippen LogP) is 4.28. The van der Waals surface area contributed by atoms with Crippen LogP contribution in [0.2, 0.25) is 0 Å². The first-order valence-corrected chi connectivity index (χ1v) is 9.88. The second kappa shape index (κ2) is 9.11. The summed E-state index contributed by atoms with van der Waals surface area (Å²) in [7, 11) is 3.29. The quantitative estimate of drug-likeness (QED) is 0.717. The lowest BCUT2D eigenvalue weighted by Gasteiger charge is -2.31. The van der Waals surface area contributed by atoms with E-state index in [0.29, 0.717) is 6.54 Å². The smallest absolute Gasteiger partial charge is 0.241 e. The second-order valence-corrected chi connectivity index (χ2v) is 7.44. The SMILES string of the molecule is COc1ccc([C@H]2CCCN2CC(=O)N(c2ccccc2)C(C)C)cc1OC. The topological polar surface area (TPSA) is 42.0 Å². The largest absolute Gasteiger partial charge is 0.493 e. The fraction of sp³-hybridized carbons (Fsp3) is 0.435. The Morgan fingerprint density at radius 3 is 2.46 bits per heavy atom. The van der Waals surface area contributed by atoms with E-state index in [0.717, 1.165) is 36.6 Å². The van der Waals surface area contributed by atoms with Crippen LogP contribution >= 0.6 is 0 Å². The Morgan fingerprint density at radius 2 is 1.82 bits per heavy atom. The molecule has 1 aliphatic heterocycles. The van der Waals surface area contributed by atoms with Crippen LogP contribution in [0.4, 0.5) is 5.69 Å². The van der Waals surface area contributed by atoms with E-state index >= 15 is 0 Å². The van der Waals surface area contributed by atoms with Gasteiger partial charge in [-0.2, -0.15) is 0 Å². The Morgan fingerprint density at radius 1 is 1.11 bits per heavy atom. The molecule has 2 aromatic carbocycles. The van der Waals surface area contributed by atoms with Crippen LogP contribution in [-0.2, 0) is 4.79 Å². The molecule has 0 bridgehead atoms. The summed E-state index contributed by atoms with van der Waals surface area (Å²) < 4.78 is 10.8. The van der Waals surface area contributed by atoms with Gasteiger partial charge in [0, 0.05) is 17.8 Å². The third-order valence-corrected chi connectivity index (χ3v) is 5.31. The van der Waals surface area contributed by atoms with Crippen molar-refractivity contribution in [3.8, 4) is 11.5 Å². The summed E-state index contributed by atoms with van der Waals surface area (Å²) >= 11 is 0. The van der Waals surface area contributed by atoms with Crippen molar-refractivity contribution in [1.29, 1.82) is 0 Å². The fourth-order valence-corrected chi connectivity index (χ4v) is 4.02. The van der Waals surface area contributed by atoms with E-state index in [1.165, 1.54) is 5.56 Å². The van der Waals surface area contributed by atoms with Crippen LogP contribution < -0.4 is 14.4 Å². The summed E-state index contributed by atoms with van der Waals surface area (Å²) in [6.45, 7) is 5.44. The molecule has 0 spiro atoms. The third kappa shape index (κ3) is 4.30. The molecule has 1 atom stereocenters. The fourth-order valence-electron chi connectivity index (χ4n) is 4.02. The van der Waals surface area contributed by atoms with E-state index in [2.05, 4.69) is 24.8 Å². The molecule has 2 aromatic rings. The molecule has 1 aliphatic rings. The number of amides is 1. The maximum Gasteiger partial charge on any atom is 0.241 e. The first-order valence-electron chi connectivity index (χ1n) is 9.88. The van der Waals surface area contributed by atoms with Gasteiger partial charge >= 0.3 is 0 Å². The number of methoxy groups -OCH3 is 2. The summed E-state index contributed by atoms with van der Waals surface area (Å²) in [6.07, 6.45) is 2.12. The maximum atomic E-state index is 13.2. The Hall–Kier alpha value is -2.53. The zero-order valence-corrected chi connectivity index (χ0v) is 17.2. The van der Waals surface area contributed by atoms with Crippen LogP contribution in [0.25, 0.3) is 0 Å². The maximum absolute atomic E-state index is 13.2. The number of rotatable bonds is 7. The van der Waals surface area contributed by atoms with Crippen molar-refractivity contribution in [2.24, 2.45) is 0 Å². The van der Waals surface area contributed by atoms with Crippen molar-refractivity contribution >= 4 is 11.6 Å². The van der Waals surface area contributed by atoms with Gasteiger partial charge in [0.2, 0.25) is 5.91 Å². The summed E-state index contributed by atoms with van der Waals surface area (Å²) in [4.78, 5) is 17.4. The molecule has 0 aromatic heterocycles. The number of benzene rings is 2. The summed E-state index contributed by atoms with van der Waals surface area (Å²) in [6, 6.07) is 16.3. The Kier molecular flexibility index (Phi) is 6.57. The van der Waals surface area contributed by atoms with E-state index in [-0.39, 0.29) is 18.0 Å². The van der Waals surface area contributed by atoms with Gasteiger partial charge in [-0.15, -0.1) is 0 Å². The molecular formula is C23H30N2O3. The van der Waals surface area contributed by atoms with Crippen molar-refractivity contribution in [2.45, 2.75) is 38.8 Å². The van der Waals surface area contributed by atoms with Gasteiger partial charge < -0.3 is 14.4 Å². The number of carbonyl (C=O) groups is 1. The average molecular weight is 383 g/mol. The number of likely N-dealkylation sites (tertiary alicyclic amines) is 1. The summed E-state index contributed by atoms with van der Waals surface area (Å²) in [5.74, 6) is 1.58. The van der Waals surface area contributed by atoms with Crippen LogP contribution in [0.1, 0.15) is 38.3 Å². The number of nitrogens with zero attached hydrogens (tertiary/aromatic N) is 2. The van der Waals surface area contributed by atoms with Gasteiger partial charge in [-0.05, 0) is 63.1 Å². The number of para-hydroxylation sites is 1. The number of hydrogen-bond acceptors (Lipinski definition) is 4. The molecule has 28 heavy (non-hydrogen) atoms. The Bertz CT molecular complexity index is 792. The minimum atomic E-state index is 0.108. The molecule has 0 N–H and O–H groups in total. The van der Waals surface area contributed by atoms with Gasteiger partial charge in [0.1, 0.15) is 0 Å². The zero-order chi connectivity index (χ0) is 20.1. The molecular weight excluding hydrogens is 352 g/mol. The van der Waals surface area contributed by atoms with Crippen LogP contribution in [0, 0.1) is 0 Å². The molecule has 1 amide bonds. The Balaban J connectivity index is 1.78. The second-order valence-electron chi connectivity index (χ2n) is 7.44. The van der Waals surface area contributed by atoms with Gasteiger partial charge in [-0.25, -0.2) is 0 Å². The van der Waals surface area contributed by atoms with Crippen LogP contribution in [-0.4, -0.2) is 44.2 Å². The molecule has 1 heterocycles. The molecule has 0 aliphatic carbocycles. The zero-order valence-electron chi connectivity index (χ0n) is 17.2. The average Bonchev–Trinajstić information content (AvgIpc) is 3.16. The highest BCUT2D eigenvalue weighted by atomic mass is 16.5. The minimum Gasteiger partial charge on any atom is -0.493 e. The van der Waals surface area contributed by atoms with E-state index in [1.54, 1.807) is 14.2 Å². The predicted molar refractivity (Wildman–Crippen MR) is 112 cm³/mol. The molecule has 0 unspecified atom stereocenters. The first-order chi connectivity index (χ1) is 13.5. The third-order valence-electron chi connectivity index (χ3n) is 5.31.